The highest BCUT2D eigenvalue weighted by atomic mass is 35.5. The summed E-state index contributed by atoms with van der Waals surface area (Å²) in [6.07, 6.45) is 2.84. The number of ether oxygens (including phenoxy) is 1. The van der Waals surface area contributed by atoms with Gasteiger partial charge in [-0.2, -0.15) is 4.31 Å². The topological polar surface area (TPSA) is 113 Å². The summed E-state index contributed by atoms with van der Waals surface area (Å²) in [4.78, 5) is 12.8. The van der Waals surface area contributed by atoms with E-state index >= 15 is 0 Å². The molecule has 13 heteroatoms. The van der Waals surface area contributed by atoms with Crippen molar-refractivity contribution in [2.45, 2.75) is 24.3 Å². The minimum absolute atomic E-state index is 0.0311. The van der Waals surface area contributed by atoms with Gasteiger partial charge >= 0.3 is 0 Å². The predicted octanol–water partition coefficient (Wildman–Crippen LogP) is 4.55. The highest BCUT2D eigenvalue weighted by Crippen LogP contribution is 2.28. The minimum Gasteiger partial charge on any atom is -0.492 e. The van der Waals surface area contributed by atoms with Crippen LogP contribution in [0.2, 0.25) is 10.0 Å². The Labute approximate surface area is 244 Å². The SMILES string of the molecule is CS(=O)(=O)N(Cc1ccc(C(=O)NCCOc2ccc(S(=O)(=O)N3CCCC3)cc2)cc1)c1cc(Cl)cc(Cl)c1. The fourth-order valence-corrected chi connectivity index (χ4v) is 7.14. The van der Waals surface area contributed by atoms with Crippen LogP contribution in [-0.4, -0.2) is 59.5 Å². The molecule has 0 atom stereocenters. The third-order valence-corrected chi connectivity index (χ3v) is 9.75. The quantitative estimate of drug-likeness (QED) is 0.313. The Bertz CT molecular complexity index is 1540. The minimum atomic E-state index is -3.64. The number of hydrogen-bond donors (Lipinski definition) is 1. The molecule has 1 saturated heterocycles. The molecule has 1 aliphatic rings. The third-order valence-electron chi connectivity index (χ3n) is 6.26. The molecule has 0 spiro atoms. The van der Waals surface area contributed by atoms with E-state index in [1.165, 1.54) is 38.9 Å². The standard InChI is InChI=1S/C27H29Cl2N3O6S2/c1-39(34,35)32(24-17-22(28)16-23(29)18-24)19-20-4-6-21(7-5-20)27(33)30-12-15-38-25-8-10-26(11-9-25)40(36,37)31-13-2-3-14-31/h4-11,16-18H,2-3,12-15,19H2,1H3,(H,30,33). The summed E-state index contributed by atoms with van der Waals surface area (Å²) in [5, 5.41) is 3.39. The largest absolute Gasteiger partial charge is 0.492 e. The smallest absolute Gasteiger partial charge is 0.251 e. The van der Waals surface area contributed by atoms with Crippen molar-refractivity contribution in [2.24, 2.45) is 0 Å². The Balaban J connectivity index is 1.29. The lowest BCUT2D eigenvalue weighted by molar-refractivity contribution is 0.0947. The number of carbonyl (C=O) groups is 1. The summed E-state index contributed by atoms with van der Waals surface area (Å²) < 4.78 is 58.4. The van der Waals surface area contributed by atoms with E-state index in [1.807, 2.05) is 0 Å². The molecule has 0 unspecified atom stereocenters. The Morgan fingerprint density at radius 3 is 2.10 bits per heavy atom. The van der Waals surface area contributed by atoms with Crippen molar-refractivity contribution < 1.29 is 26.4 Å². The Hall–Kier alpha value is -2.83. The molecule has 1 heterocycles. The number of amides is 1. The molecule has 4 rings (SSSR count). The van der Waals surface area contributed by atoms with E-state index in [0.717, 1.165) is 19.1 Å². The molecule has 9 nitrogen and oxygen atoms in total. The Morgan fingerprint density at radius 2 is 1.52 bits per heavy atom. The van der Waals surface area contributed by atoms with Crippen molar-refractivity contribution in [3.63, 3.8) is 0 Å². The van der Waals surface area contributed by atoms with Gasteiger partial charge in [-0.3, -0.25) is 9.10 Å². The van der Waals surface area contributed by atoms with Gasteiger partial charge in [-0.15, -0.1) is 0 Å². The zero-order valence-electron chi connectivity index (χ0n) is 21.7. The summed E-state index contributed by atoms with van der Waals surface area (Å²) in [7, 11) is -7.12. The highest BCUT2D eigenvalue weighted by Gasteiger charge is 2.27. The van der Waals surface area contributed by atoms with Gasteiger partial charge in [0.2, 0.25) is 20.0 Å². The monoisotopic (exact) mass is 625 g/mol. The van der Waals surface area contributed by atoms with Gasteiger partial charge in [-0.1, -0.05) is 35.3 Å². The van der Waals surface area contributed by atoms with Gasteiger partial charge in [-0.05, 0) is 73.0 Å². The van der Waals surface area contributed by atoms with Crippen molar-refractivity contribution in [2.75, 3.05) is 36.8 Å². The Kier molecular flexibility index (Phi) is 9.63. The molecule has 1 N–H and O–H groups in total. The number of carbonyl (C=O) groups excluding carboxylic acids is 1. The zero-order valence-corrected chi connectivity index (χ0v) is 24.9. The van der Waals surface area contributed by atoms with Crippen molar-refractivity contribution in [1.82, 2.24) is 9.62 Å². The molecule has 0 radical (unpaired) electrons. The maximum Gasteiger partial charge on any atom is 0.251 e. The number of benzene rings is 3. The fraction of sp³-hybridized carbons (Fsp3) is 0.296. The number of sulfonamides is 2. The molecule has 3 aromatic carbocycles. The Morgan fingerprint density at radius 1 is 0.925 bits per heavy atom. The van der Waals surface area contributed by atoms with Gasteiger partial charge in [0.25, 0.3) is 5.91 Å². The first-order valence-electron chi connectivity index (χ1n) is 12.5. The lowest BCUT2D eigenvalue weighted by atomic mass is 10.1. The highest BCUT2D eigenvalue weighted by molar-refractivity contribution is 7.92. The van der Waals surface area contributed by atoms with Crippen LogP contribution in [0.3, 0.4) is 0 Å². The van der Waals surface area contributed by atoms with Crippen molar-refractivity contribution in [3.05, 3.63) is 87.9 Å². The number of halogens is 2. The average Bonchev–Trinajstić information content (AvgIpc) is 3.45. The van der Waals surface area contributed by atoms with Crippen LogP contribution in [-0.2, 0) is 26.6 Å². The normalized spacial score (nSPS) is 14.2. The number of hydrogen-bond acceptors (Lipinski definition) is 6. The average molecular weight is 627 g/mol. The van der Waals surface area contributed by atoms with Crippen LogP contribution in [0.15, 0.2) is 71.6 Å². The van der Waals surface area contributed by atoms with Crippen LogP contribution in [0.25, 0.3) is 0 Å². The fourth-order valence-electron chi connectivity index (χ4n) is 4.23. The number of nitrogens with zero attached hydrogens (tertiary/aromatic N) is 2. The first-order chi connectivity index (χ1) is 18.9. The second kappa shape index (κ2) is 12.8. The van der Waals surface area contributed by atoms with Crippen LogP contribution >= 0.6 is 23.2 Å². The van der Waals surface area contributed by atoms with E-state index in [-0.39, 0.29) is 30.5 Å². The maximum absolute atomic E-state index is 12.6. The lowest BCUT2D eigenvalue weighted by Gasteiger charge is -2.23. The summed E-state index contributed by atoms with van der Waals surface area (Å²) in [6.45, 7) is 1.53. The van der Waals surface area contributed by atoms with E-state index < -0.39 is 20.0 Å². The van der Waals surface area contributed by atoms with Gasteiger partial charge in [0.15, 0.2) is 0 Å². The van der Waals surface area contributed by atoms with Crippen molar-refractivity contribution in [3.8, 4) is 5.75 Å². The second-order valence-electron chi connectivity index (χ2n) is 9.28. The molecule has 1 amide bonds. The van der Waals surface area contributed by atoms with Crippen LogP contribution in [0.5, 0.6) is 5.75 Å². The summed E-state index contributed by atoms with van der Waals surface area (Å²) in [6, 6.07) is 17.4. The molecule has 40 heavy (non-hydrogen) atoms. The van der Waals surface area contributed by atoms with Crippen LogP contribution in [0, 0.1) is 0 Å². The summed E-state index contributed by atoms with van der Waals surface area (Å²) in [5.74, 6) is 0.180. The molecule has 0 bridgehead atoms. The van der Waals surface area contributed by atoms with Gasteiger partial charge in [0.1, 0.15) is 12.4 Å². The molecule has 1 fully saturated rings. The van der Waals surface area contributed by atoms with Gasteiger partial charge in [0.05, 0.1) is 29.9 Å². The van der Waals surface area contributed by atoms with Gasteiger partial charge < -0.3 is 10.1 Å². The van der Waals surface area contributed by atoms with Gasteiger partial charge in [-0.25, -0.2) is 16.8 Å². The molecular weight excluding hydrogens is 597 g/mol. The molecule has 0 saturated carbocycles. The predicted molar refractivity (Wildman–Crippen MR) is 156 cm³/mol. The summed E-state index contributed by atoms with van der Waals surface area (Å²) in [5.41, 5.74) is 1.40. The molecular formula is C27H29Cl2N3O6S2. The van der Waals surface area contributed by atoms with E-state index in [1.54, 1.807) is 36.4 Å². The molecule has 1 aliphatic heterocycles. The molecule has 214 valence electrons. The first-order valence-corrected chi connectivity index (χ1v) is 16.5. The van der Waals surface area contributed by atoms with Crippen molar-refractivity contribution in [1.29, 1.82) is 0 Å². The number of anilines is 1. The summed E-state index contributed by atoms with van der Waals surface area (Å²) >= 11 is 12.1. The molecule has 0 aromatic heterocycles. The number of nitrogens with one attached hydrogen (secondary N) is 1. The van der Waals surface area contributed by atoms with E-state index in [4.69, 9.17) is 27.9 Å². The zero-order chi connectivity index (χ0) is 28.9. The second-order valence-corrected chi connectivity index (χ2v) is 14.0. The molecule has 0 aliphatic carbocycles. The van der Waals surface area contributed by atoms with Crippen LogP contribution < -0.4 is 14.4 Å². The third kappa shape index (κ3) is 7.67. The van der Waals surface area contributed by atoms with E-state index in [9.17, 15) is 21.6 Å². The maximum atomic E-state index is 12.6. The van der Waals surface area contributed by atoms with Crippen LogP contribution in [0.1, 0.15) is 28.8 Å². The lowest BCUT2D eigenvalue weighted by Crippen LogP contribution is -2.29. The van der Waals surface area contributed by atoms with E-state index in [2.05, 4.69) is 5.32 Å². The van der Waals surface area contributed by atoms with Crippen LogP contribution in [0.4, 0.5) is 5.69 Å². The number of rotatable bonds is 11. The van der Waals surface area contributed by atoms with Gasteiger partial charge in [0, 0.05) is 28.7 Å². The first kappa shape index (κ1) is 30.1. The van der Waals surface area contributed by atoms with E-state index in [0.29, 0.717) is 45.7 Å². The van der Waals surface area contributed by atoms with Crippen molar-refractivity contribution >= 4 is 54.8 Å². The molecule has 3 aromatic rings.